The summed E-state index contributed by atoms with van der Waals surface area (Å²) >= 11 is 2.94. The van der Waals surface area contributed by atoms with Crippen LogP contribution in [0.2, 0.25) is 0 Å². The maximum Gasteiger partial charge on any atom is 0.490 e. The lowest BCUT2D eigenvalue weighted by molar-refractivity contribution is -0.192. The Balaban J connectivity index is 0.000000350. The van der Waals surface area contributed by atoms with E-state index in [0.29, 0.717) is 96.9 Å². The summed E-state index contributed by atoms with van der Waals surface area (Å²) in [5.74, 6) is -1.29. The normalized spacial score (nSPS) is 28.8. The molecule has 9 aliphatic rings. The summed E-state index contributed by atoms with van der Waals surface area (Å²) in [4.78, 5) is 67.4. The van der Waals surface area contributed by atoms with Crippen LogP contribution in [0.1, 0.15) is 332 Å². The second kappa shape index (κ2) is 60.7. The van der Waals surface area contributed by atoms with Crippen LogP contribution in [0.15, 0.2) is 36.5 Å². The molecular weight excluding hydrogens is 1740 g/mol. The van der Waals surface area contributed by atoms with Crippen LogP contribution in [-0.4, -0.2) is 229 Å². The zero-order valence-corrected chi connectivity index (χ0v) is 82.2. The van der Waals surface area contributed by atoms with E-state index in [4.69, 9.17) is 58.3 Å². The second-order valence-corrected chi connectivity index (χ2v) is 38.4. The van der Waals surface area contributed by atoms with Crippen molar-refractivity contribution in [3.8, 4) is 0 Å². The number of amides is 2. The molecule has 0 spiro atoms. The van der Waals surface area contributed by atoms with E-state index in [1.54, 1.807) is 0 Å². The Kier molecular flexibility index (Phi) is 54.9. The molecule has 9 rings (SSSR count). The first-order chi connectivity index (χ1) is 61.2. The highest BCUT2D eigenvalue weighted by Crippen LogP contribution is 2.49. The van der Waals surface area contributed by atoms with E-state index in [0.717, 1.165) is 186 Å². The number of carbonyl (C=O) groups is 6. The van der Waals surface area contributed by atoms with Gasteiger partial charge in [0, 0.05) is 88.4 Å². The zero-order valence-electron chi connectivity index (χ0n) is 80.6. The molecule has 0 bridgehead atoms. The molecule has 5 heterocycles. The van der Waals surface area contributed by atoms with Crippen LogP contribution in [0, 0.1) is 47.3 Å². The molecule has 129 heavy (non-hydrogen) atoms. The van der Waals surface area contributed by atoms with E-state index < -0.39 is 64.9 Å². The summed E-state index contributed by atoms with van der Waals surface area (Å²) in [7, 11) is 4.23. The number of nitrogens with two attached hydrogens (primary N) is 1. The van der Waals surface area contributed by atoms with Crippen LogP contribution < -0.4 is 21.7 Å². The fourth-order valence-corrected chi connectivity index (χ4v) is 19.9. The average molecular weight is 1910 g/mol. The Bertz CT molecular complexity index is 3220. The minimum absolute atomic E-state index is 0.0101. The number of rotatable bonds is 45. The maximum absolute atomic E-state index is 12.6. The van der Waals surface area contributed by atoms with Gasteiger partial charge < -0.3 is 104 Å². The number of aliphatic hydroxyl groups is 5. The molecule has 0 aromatic carbocycles. The summed E-state index contributed by atoms with van der Waals surface area (Å²) in [6.07, 6.45) is 40.5. The number of ether oxygens (including phenoxy) is 12. The van der Waals surface area contributed by atoms with Crippen molar-refractivity contribution < 1.29 is 129 Å². The van der Waals surface area contributed by atoms with Crippen molar-refractivity contribution in [2.45, 2.75) is 428 Å². The Morgan fingerprint density at radius 1 is 0.465 bits per heavy atom. The summed E-state index contributed by atoms with van der Waals surface area (Å²) in [6.45, 7) is 23.7. The van der Waals surface area contributed by atoms with Crippen LogP contribution in [-0.2, 0) is 76.0 Å². The summed E-state index contributed by atoms with van der Waals surface area (Å²) in [6, 6.07) is 0.0445. The number of carbonyl (C=O) groups excluding carboxylic acids is 5. The highest BCUT2D eigenvalue weighted by molar-refractivity contribution is 9.08. The molecule has 18 atom stereocenters. The number of carboxylic acid groups (broad SMARTS) is 1. The van der Waals surface area contributed by atoms with E-state index in [-0.39, 0.29) is 108 Å². The number of hydrogen-bond acceptors (Lipinski definition) is 25. The third kappa shape index (κ3) is 43.5. The van der Waals surface area contributed by atoms with Gasteiger partial charge in [0.15, 0.2) is 23.7 Å². The predicted octanol–water partition coefficient (Wildman–Crippen LogP) is 17.6. The highest BCUT2D eigenvalue weighted by atomic mass is 79.9. The predicted molar refractivity (Wildman–Crippen MR) is 491 cm³/mol. The van der Waals surface area contributed by atoms with Crippen LogP contribution >= 0.6 is 15.9 Å². The molecule has 3 unspecified atom stereocenters. The molecule has 5 saturated heterocycles. The minimum atomic E-state index is -5.08. The molecule has 5 aliphatic heterocycles. The van der Waals surface area contributed by atoms with Gasteiger partial charge in [-0.2, -0.15) is 13.2 Å². The van der Waals surface area contributed by atoms with E-state index in [1.165, 1.54) is 47.0 Å². The highest BCUT2D eigenvalue weighted by Gasteiger charge is 2.53. The first-order valence-electron chi connectivity index (χ1n) is 48.5. The quantitative estimate of drug-likeness (QED) is 0.00890. The molecule has 4 saturated carbocycles. The summed E-state index contributed by atoms with van der Waals surface area (Å²) in [5, 5.41) is 69.4. The monoisotopic (exact) mass is 1910 g/mol. The molecule has 750 valence electrons. The zero-order chi connectivity index (χ0) is 95.9. The number of carboxylic acids is 1. The summed E-state index contributed by atoms with van der Waals surface area (Å²) < 4.78 is 98.7. The molecule has 9 fully saturated rings. The van der Waals surface area contributed by atoms with E-state index >= 15 is 0 Å². The Morgan fingerprint density at radius 3 is 1.21 bits per heavy atom. The van der Waals surface area contributed by atoms with E-state index in [9.17, 15) is 62.7 Å². The lowest BCUT2D eigenvalue weighted by Crippen LogP contribution is -2.56. The second-order valence-electron chi connectivity index (χ2n) is 38.4. The van der Waals surface area contributed by atoms with Crippen molar-refractivity contribution in [2.24, 2.45) is 53.1 Å². The number of aliphatic hydroxyl groups excluding tert-OH is 4. The Labute approximate surface area is 777 Å². The number of aliphatic carboxylic acids is 1. The molecule has 0 aromatic heterocycles. The molecule has 32 heteroatoms. The number of fused-ring (bicyclic) bond motifs is 2. The lowest BCUT2D eigenvalue weighted by Gasteiger charge is -2.41. The first-order valence-corrected chi connectivity index (χ1v) is 50.1. The Morgan fingerprint density at radius 2 is 0.822 bits per heavy atom. The number of halogens is 4. The number of esters is 3. The average Bonchev–Trinajstić information content (AvgIpc) is 1.63. The van der Waals surface area contributed by atoms with Gasteiger partial charge in [-0.15, -0.1) is 0 Å². The van der Waals surface area contributed by atoms with Crippen molar-refractivity contribution in [1.82, 2.24) is 16.0 Å². The topological polar surface area (TPSA) is 397 Å². The van der Waals surface area contributed by atoms with Gasteiger partial charge >= 0.3 is 42.2 Å². The van der Waals surface area contributed by atoms with Crippen LogP contribution in [0.4, 0.5) is 22.8 Å². The number of piperidine rings is 1. The van der Waals surface area contributed by atoms with Gasteiger partial charge in [0.05, 0.1) is 85.4 Å². The first kappa shape index (κ1) is 117. The SMILES string of the molecule is CBr.CCCCCC1(CC[C@@H]2[C@@H](C/C=C\CCCC(=O)OC)[C@@H](O)C[C@H]2N)OCCO1.CCCCCC1(CC[C@@H]2[C@@H](C/C=C\CCCC(=O)OC)[C@@H](O)C[C@H]2NC(=O)OC(C)(C)C)OCCO1.CCCCCC1(CC[C@H]2[C@H](NC(=O)OC(C)(C)C)CC3OC(O)C[C@@H]32)OCCO1.CCCCCC1(O)CC[C@@H]2[C@@H](C/C=C\CCCC(=O)OC)[C@@H](O)C[C@H]2N1.O=C(O)C(F)(F)F. The fraction of sp³-hybridized carbons (Fsp3) is 0.876. The largest absolute Gasteiger partial charge is 0.490 e. The van der Waals surface area contributed by atoms with Gasteiger partial charge in [0.1, 0.15) is 16.9 Å². The number of hydrogen-bond donors (Lipinski definition) is 10. The van der Waals surface area contributed by atoms with Crippen molar-refractivity contribution in [3.63, 3.8) is 0 Å². The third-order valence-electron chi connectivity index (χ3n) is 26.4. The molecule has 4 aliphatic carbocycles. The smallest absolute Gasteiger partial charge is 0.475 e. The lowest BCUT2D eigenvalue weighted by atomic mass is 9.80. The fourth-order valence-electron chi connectivity index (χ4n) is 19.9. The summed E-state index contributed by atoms with van der Waals surface area (Å²) in [5.41, 5.74) is 4.53. The molecule has 11 N–H and O–H groups in total. The van der Waals surface area contributed by atoms with Gasteiger partial charge in [-0.25, -0.2) is 14.4 Å². The maximum atomic E-state index is 12.6. The standard InChI is InChI=1S/C28H49NO7.C23H41NO5.C22H39NO6.C21H37NO4.C2HF3O2.CH3Br/c1-6-7-12-16-28(34-18-19-35-28)17-15-21-22(13-10-8-9-11-14-25(31)33-5)24(30)20-23(21)29-26(32)36-27(2,3)4;1-3-4-9-13-23(28-15-16-29-23)14-12-18-19(21(25)17-20(18)24)10-7-5-6-8-11-22(26)27-2;1-5-6-7-9-22(26-11-12-27-22)10-8-15-16-13-19(24)28-18(16)14-17(15)23-20(25)29-21(2,3)4;1-3-4-9-13-21(25)14-12-16-17(19(23)15-18(16)22-21)10-7-5-6-8-11-20(24)26-2;3-2(4,5)1(6)7;1-2/h8,10,21-24,30H,6-7,9,11-20H2,1-5H3,(H,29,32);5,7,18-21,25H,3-4,6,8-17,24H2,1-2H3;15-19,24H,5-14H2,1-4H3,(H,23,25);5,7,16-19,22-23,25H,3-4,6,8-15H2,1-2H3;(H,6,7);1H3/b10-8-;7-5-;;7-5-;;/t21-,22-,23-,24+;18-,19-,20-,21+;15-,16-,17-,18?,19?;16-,17-,18-,19+,21?;;/m1111../s1. The van der Waals surface area contributed by atoms with Crippen LogP contribution in [0.25, 0.3) is 0 Å². The third-order valence-corrected chi connectivity index (χ3v) is 26.4. The number of alkyl carbamates (subject to hydrolysis) is 2. The minimum Gasteiger partial charge on any atom is -0.475 e. The van der Waals surface area contributed by atoms with Crippen LogP contribution in [0.5, 0.6) is 0 Å². The van der Waals surface area contributed by atoms with Gasteiger partial charge in [0.25, 0.3) is 0 Å². The number of methoxy groups -OCH3 is 3. The molecule has 0 radical (unpaired) electrons. The van der Waals surface area contributed by atoms with E-state index in [2.05, 4.69) is 110 Å². The number of unbranched alkanes of at least 4 members (excludes halogenated alkanes) is 11. The number of alkyl halides is 4. The molecule has 0 aromatic rings. The van der Waals surface area contributed by atoms with E-state index in [1.807, 2.05) is 47.4 Å². The van der Waals surface area contributed by atoms with Crippen LogP contribution in [0.3, 0.4) is 0 Å². The van der Waals surface area contributed by atoms with Crippen molar-refractivity contribution in [3.05, 3.63) is 36.5 Å². The Hall–Kier alpha value is -4.65. The van der Waals surface area contributed by atoms with Gasteiger partial charge in [-0.3, -0.25) is 19.7 Å². The number of allylic oxidation sites excluding steroid dienone is 6. The van der Waals surface area contributed by atoms with Crippen molar-refractivity contribution >= 4 is 52.0 Å². The molecule has 2 amide bonds. The van der Waals surface area contributed by atoms with Crippen molar-refractivity contribution in [2.75, 3.05) is 66.8 Å². The van der Waals surface area contributed by atoms with Crippen molar-refractivity contribution in [1.29, 1.82) is 0 Å². The van der Waals surface area contributed by atoms with Gasteiger partial charge in [0.2, 0.25) is 0 Å². The molecule has 28 nitrogen and oxygen atoms in total. The van der Waals surface area contributed by atoms with Gasteiger partial charge in [-0.05, 0) is 242 Å². The van der Waals surface area contributed by atoms with Gasteiger partial charge in [-0.1, -0.05) is 131 Å². The molecular formula is C97H170BrF3N4O24. The number of nitrogens with one attached hydrogen (secondary N) is 3.